The highest BCUT2D eigenvalue weighted by atomic mass is 16.5. The number of Topliss-reactive ketones (excluding diaryl/α,β-unsaturated/α-hetero) is 1. The predicted octanol–water partition coefficient (Wildman–Crippen LogP) is 3.01. The monoisotopic (exact) mass is 410 g/mol. The van der Waals surface area contributed by atoms with Crippen LogP contribution in [0, 0.1) is 44.3 Å². The first-order valence-electron chi connectivity index (χ1n) is 11.2. The molecule has 6 aliphatic carbocycles. The molecule has 2 spiro atoms. The van der Waals surface area contributed by atoms with Gasteiger partial charge in [-0.15, -0.1) is 0 Å². The fourth-order valence-corrected chi connectivity index (χ4v) is 9.87. The summed E-state index contributed by atoms with van der Waals surface area (Å²) in [5.74, 6) is -0.278. The Hall–Kier alpha value is -1.75. The van der Waals surface area contributed by atoms with Crippen LogP contribution in [0.3, 0.4) is 0 Å². The molecule has 3 saturated carbocycles. The normalized spacial score (nSPS) is 56.9. The largest absolute Gasteiger partial charge is 0.461 e. The van der Waals surface area contributed by atoms with Crippen LogP contribution in [0.15, 0.2) is 23.8 Å². The minimum atomic E-state index is -1.06. The summed E-state index contributed by atoms with van der Waals surface area (Å²) in [6, 6.07) is 0. The number of carbonyl (C=O) groups excluding carboxylic acids is 3. The summed E-state index contributed by atoms with van der Waals surface area (Å²) in [7, 11) is 0. The van der Waals surface area contributed by atoms with Crippen LogP contribution in [0.2, 0.25) is 0 Å². The Morgan fingerprint density at radius 2 is 1.80 bits per heavy atom. The molecule has 0 unspecified atom stereocenters. The lowest BCUT2D eigenvalue weighted by Gasteiger charge is -2.66. The van der Waals surface area contributed by atoms with E-state index in [1.54, 1.807) is 6.08 Å². The quantitative estimate of drug-likeness (QED) is 0.621. The fraction of sp³-hybridized carbons (Fsp3) is 0.720. The van der Waals surface area contributed by atoms with Gasteiger partial charge in [-0.05, 0) is 55.9 Å². The van der Waals surface area contributed by atoms with Crippen molar-refractivity contribution in [3.63, 3.8) is 0 Å². The number of aliphatic hydroxyl groups excluding tert-OH is 1. The Morgan fingerprint density at radius 3 is 2.50 bits per heavy atom. The summed E-state index contributed by atoms with van der Waals surface area (Å²) >= 11 is 0. The molecule has 0 aromatic rings. The van der Waals surface area contributed by atoms with E-state index in [-0.39, 0.29) is 36.0 Å². The van der Waals surface area contributed by atoms with Gasteiger partial charge < -0.3 is 9.84 Å². The Bertz CT molecular complexity index is 1020. The highest BCUT2D eigenvalue weighted by Gasteiger charge is 2.89. The van der Waals surface area contributed by atoms with Gasteiger partial charge >= 0.3 is 5.97 Å². The first-order chi connectivity index (χ1) is 13.8. The molecule has 8 atom stereocenters. The van der Waals surface area contributed by atoms with Crippen LogP contribution < -0.4 is 0 Å². The number of hydrogen-bond donors (Lipinski definition) is 1. The molecule has 160 valence electrons. The molecule has 7 rings (SSSR count). The van der Waals surface area contributed by atoms with Gasteiger partial charge in [0.1, 0.15) is 6.61 Å². The van der Waals surface area contributed by atoms with E-state index in [2.05, 4.69) is 6.92 Å². The van der Waals surface area contributed by atoms with Crippen molar-refractivity contribution in [3.05, 3.63) is 23.8 Å². The van der Waals surface area contributed by atoms with Gasteiger partial charge in [-0.25, -0.2) is 4.79 Å². The Morgan fingerprint density at radius 1 is 1.10 bits per heavy atom. The van der Waals surface area contributed by atoms with Crippen LogP contribution in [-0.4, -0.2) is 35.4 Å². The Labute approximate surface area is 176 Å². The number of cyclic esters (lactones) is 1. The molecule has 1 heterocycles. The molecule has 5 heteroatoms. The SMILES string of the molecule is CC1(C)C(=O)C=C[C@@]2(C)[C@H]1CC[C@@]13C[C@@]4(C)C=C5C(=O)OC[C@]51[C@](C)(C4=O)[C@H](O)[C@@H]23. The van der Waals surface area contributed by atoms with Crippen molar-refractivity contribution in [2.45, 2.75) is 60.0 Å². The van der Waals surface area contributed by atoms with Crippen molar-refractivity contribution in [2.24, 2.45) is 44.3 Å². The number of carbonyl (C=O) groups is 3. The van der Waals surface area contributed by atoms with Crippen molar-refractivity contribution in [2.75, 3.05) is 6.61 Å². The molecule has 30 heavy (non-hydrogen) atoms. The average Bonchev–Trinajstić information content (AvgIpc) is 3.07. The molecule has 0 aromatic heterocycles. The summed E-state index contributed by atoms with van der Waals surface area (Å²) in [5, 5.41) is 12.0. The number of allylic oxidation sites excluding steroid dienone is 3. The molecule has 0 radical (unpaired) electrons. The van der Waals surface area contributed by atoms with Crippen molar-refractivity contribution in [1.29, 1.82) is 0 Å². The minimum absolute atomic E-state index is 0.0415. The van der Waals surface area contributed by atoms with Gasteiger partial charge in [0.15, 0.2) is 11.6 Å². The van der Waals surface area contributed by atoms with Gasteiger partial charge in [0.25, 0.3) is 0 Å². The molecule has 0 aromatic carbocycles. The van der Waals surface area contributed by atoms with Crippen LogP contribution in [0.25, 0.3) is 0 Å². The topological polar surface area (TPSA) is 80.7 Å². The molecule has 4 fully saturated rings. The maximum Gasteiger partial charge on any atom is 0.334 e. The van der Waals surface area contributed by atoms with Crippen molar-refractivity contribution in [3.8, 4) is 0 Å². The summed E-state index contributed by atoms with van der Waals surface area (Å²) in [4.78, 5) is 39.5. The number of fused-ring (bicyclic) bond motifs is 2. The lowest BCUT2D eigenvalue weighted by Crippen LogP contribution is -2.67. The smallest absolute Gasteiger partial charge is 0.334 e. The summed E-state index contributed by atoms with van der Waals surface area (Å²) < 4.78 is 5.64. The molecule has 5 nitrogen and oxygen atoms in total. The van der Waals surface area contributed by atoms with Gasteiger partial charge in [0.05, 0.1) is 16.9 Å². The zero-order valence-electron chi connectivity index (χ0n) is 18.4. The van der Waals surface area contributed by atoms with Gasteiger partial charge in [0.2, 0.25) is 0 Å². The Kier molecular flexibility index (Phi) is 2.97. The second-order valence-electron chi connectivity index (χ2n) is 12.1. The number of ether oxygens (including phenoxy) is 1. The van der Waals surface area contributed by atoms with E-state index >= 15 is 0 Å². The van der Waals surface area contributed by atoms with Crippen LogP contribution >= 0.6 is 0 Å². The van der Waals surface area contributed by atoms with Crippen molar-refractivity contribution in [1.82, 2.24) is 0 Å². The van der Waals surface area contributed by atoms with Gasteiger partial charge in [-0.2, -0.15) is 0 Å². The van der Waals surface area contributed by atoms with Crippen molar-refractivity contribution >= 4 is 17.5 Å². The van der Waals surface area contributed by atoms with E-state index < -0.39 is 38.6 Å². The molecular weight excluding hydrogens is 380 g/mol. The first kappa shape index (κ1) is 19.0. The number of aliphatic hydroxyl groups is 1. The molecule has 1 N–H and O–H groups in total. The van der Waals surface area contributed by atoms with Crippen LogP contribution in [0.5, 0.6) is 0 Å². The first-order valence-corrected chi connectivity index (χ1v) is 11.2. The second kappa shape index (κ2) is 4.69. The van der Waals surface area contributed by atoms with E-state index in [0.29, 0.717) is 12.0 Å². The van der Waals surface area contributed by atoms with E-state index in [4.69, 9.17) is 4.74 Å². The molecule has 0 amide bonds. The number of ketones is 2. The maximum absolute atomic E-state index is 13.9. The average molecular weight is 411 g/mol. The molecule has 7 aliphatic rings. The standard InChI is InChI=1S/C25H30O5/c1-20(2)14-6-9-24-11-21(3)10-13-18(28)30-12-25(13,24)23(5,19(21)29)17(27)16(24)22(14,4)8-7-15(20)26/h7-8,10,14,16-17,27H,6,9,11-12H2,1-5H3/t14-,16-,17+,21+,22-,23-,24-,25+/m0/s1. The predicted molar refractivity (Wildman–Crippen MR) is 108 cm³/mol. The van der Waals surface area contributed by atoms with Gasteiger partial charge in [-0.3, -0.25) is 9.59 Å². The van der Waals surface area contributed by atoms with E-state index in [0.717, 1.165) is 12.8 Å². The van der Waals surface area contributed by atoms with Gasteiger partial charge in [-0.1, -0.05) is 32.9 Å². The number of rotatable bonds is 0. The summed E-state index contributed by atoms with van der Waals surface area (Å²) in [5.41, 5.74) is -3.32. The van der Waals surface area contributed by atoms with E-state index in [1.807, 2.05) is 39.8 Å². The zero-order chi connectivity index (χ0) is 21.7. The van der Waals surface area contributed by atoms with E-state index in [1.165, 1.54) is 0 Å². The fourth-order valence-electron chi connectivity index (χ4n) is 9.87. The molecule has 1 aliphatic heterocycles. The van der Waals surface area contributed by atoms with E-state index in [9.17, 15) is 19.5 Å². The van der Waals surface area contributed by atoms with Crippen LogP contribution in [-0.2, 0) is 19.1 Å². The summed E-state index contributed by atoms with van der Waals surface area (Å²) in [6.45, 7) is 10.2. The lowest BCUT2D eigenvalue weighted by atomic mass is 9.34. The molecule has 4 bridgehead atoms. The molecular formula is C25H30O5. The minimum Gasteiger partial charge on any atom is -0.461 e. The molecule has 1 saturated heterocycles. The third-order valence-corrected chi connectivity index (χ3v) is 10.9. The number of esters is 1. The third-order valence-electron chi connectivity index (χ3n) is 10.9. The second-order valence-corrected chi connectivity index (χ2v) is 12.1. The van der Waals surface area contributed by atoms with Crippen molar-refractivity contribution < 1.29 is 24.2 Å². The number of hydrogen-bond acceptors (Lipinski definition) is 5. The maximum atomic E-state index is 13.9. The van der Waals surface area contributed by atoms with Gasteiger partial charge in [0, 0.05) is 22.3 Å². The zero-order valence-corrected chi connectivity index (χ0v) is 18.4. The van der Waals surface area contributed by atoms with Crippen LogP contribution in [0.4, 0.5) is 0 Å². The highest BCUT2D eigenvalue weighted by molar-refractivity contribution is 6.05. The highest BCUT2D eigenvalue weighted by Crippen LogP contribution is 2.85. The van der Waals surface area contributed by atoms with Crippen LogP contribution in [0.1, 0.15) is 53.9 Å². The lowest BCUT2D eigenvalue weighted by molar-refractivity contribution is -0.177. The Balaban J connectivity index is 1.68. The summed E-state index contributed by atoms with van der Waals surface area (Å²) in [6.07, 6.45) is 6.97. The third kappa shape index (κ3) is 1.45.